The van der Waals surface area contributed by atoms with Crippen molar-refractivity contribution in [3.05, 3.63) is 58.9 Å². The summed E-state index contributed by atoms with van der Waals surface area (Å²) in [7, 11) is 0. The number of aliphatic hydroxyl groups excluding tert-OH is 1. The van der Waals surface area contributed by atoms with Crippen LogP contribution in [0.5, 0.6) is 5.75 Å². The Morgan fingerprint density at radius 1 is 1.30 bits per heavy atom. The number of aliphatic hydroxyl groups is 1. The zero-order valence-corrected chi connectivity index (χ0v) is 11.0. The average molecular weight is 273 g/mol. The van der Waals surface area contributed by atoms with Crippen molar-refractivity contribution in [2.75, 3.05) is 0 Å². The van der Waals surface area contributed by atoms with Gasteiger partial charge in [-0.25, -0.2) is 9.78 Å². The summed E-state index contributed by atoms with van der Waals surface area (Å²) in [6.45, 7) is 1.75. The Morgan fingerprint density at radius 3 is 2.60 bits per heavy atom. The van der Waals surface area contributed by atoms with Gasteiger partial charge in [0.15, 0.2) is 11.4 Å². The third kappa shape index (κ3) is 2.95. The van der Waals surface area contributed by atoms with Crippen molar-refractivity contribution >= 4 is 5.97 Å². The van der Waals surface area contributed by atoms with E-state index in [1.54, 1.807) is 6.92 Å². The summed E-state index contributed by atoms with van der Waals surface area (Å²) in [5.74, 6) is -0.950. The lowest BCUT2D eigenvalue weighted by Gasteiger charge is -2.13. The molecule has 1 aromatic heterocycles. The number of nitrogens with zero attached hydrogens (tertiary/aromatic N) is 1. The van der Waals surface area contributed by atoms with E-state index in [4.69, 9.17) is 9.84 Å². The Morgan fingerprint density at radius 2 is 2.00 bits per heavy atom. The van der Waals surface area contributed by atoms with Crippen LogP contribution in [-0.4, -0.2) is 21.2 Å². The molecule has 2 aromatic rings. The molecule has 0 aliphatic carbocycles. The van der Waals surface area contributed by atoms with Crippen LogP contribution >= 0.6 is 0 Å². The first-order valence-corrected chi connectivity index (χ1v) is 6.13. The fourth-order valence-electron chi connectivity index (χ4n) is 1.84. The number of benzene rings is 1. The van der Waals surface area contributed by atoms with Crippen LogP contribution in [0.3, 0.4) is 0 Å². The number of ether oxygens (including phenoxy) is 1. The third-order valence-electron chi connectivity index (χ3n) is 2.99. The number of carboxylic acids is 1. The summed E-state index contributed by atoms with van der Waals surface area (Å²) in [5, 5.41) is 18.4. The maximum Gasteiger partial charge on any atom is 0.358 e. The fraction of sp³-hybridized carbons (Fsp3) is 0.200. The molecule has 5 nitrogen and oxygen atoms in total. The first-order chi connectivity index (χ1) is 9.63. The molecule has 0 amide bonds. The summed E-state index contributed by atoms with van der Waals surface area (Å²) < 4.78 is 5.60. The van der Waals surface area contributed by atoms with Gasteiger partial charge in [0.2, 0.25) is 0 Å². The van der Waals surface area contributed by atoms with Crippen molar-refractivity contribution in [1.29, 1.82) is 0 Å². The van der Waals surface area contributed by atoms with Crippen LogP contribution < -0.4 is 4.74 Å². The number of aromatic carboxylic acids is 1. The lowest BCUT2D eigenvalue weighted by molar-refractivity contribution is 0.0684. The van der Waals surface area contributed by atoms with Gasteiger partial charge < -0.3 is 14.9 Å². The predicted molar refractivity (Wildman–Crippen MR) is 72.6 cm³/mol. The molecule has 104 valence electrons. The predicted octanol–water partition coefficient (Wildman–Crippen LogP) is 2.16. The SMILES string of the molecule is Cc1c(CO)cnc(C(=O)O)c1OCc1ccccc1. The van der Waals surface area contributed by atoms with E-state index in [0.29, 0.717) is 11.1 Å². The molecule has 0 fully saturated rings. The molecular formula is C15H15NO4. The topological polar surface area (TPSA) is 79.7 Å². The van der Waals surface area contributed by atoms with Crippen LogP contribution in [0.1, 0.15) is 27.2 Å². The normalized spacial score (nSPS) is 10.3. The molecule has 0 atom stereocenters. The van der Waals surface area contributed by atoms with Crippen LogP contribution in [0.25, 0.3) is 0 Å². The molecule has 2 rings (SSSR count). The van der Waals surface area contributed by atoms with Crippen LogP contribution in [-0.2, 0) is 13.2 Å². The molecule has 0 aliphatic rings. The van der Waals surface area contributed by atoms with Gasteiger partial charge in [-0.1, -0.05) is 30.3 Å². The van der Waals surface area contributed by atoms with Crippen LogP contribution in [0.2, 0.25) is 0 Å². The number of hydrogen-bond donors (Lipinski definition) is 2. The van der Waals surface area contributed by atoms with E-state index in [2.05, 4.69) is 4.98 Å². The van der Waals surface area contributed by atoms with E-state index >= 15 is 0 Å². The van der Waals surface area contributed by atoms with Gasteiger partial charge in [-0.3, -0.25) is 0 Å². The van der Waals surface area contributed by atoms with Crippen LogP contribution in [0, 0.1) is 6.92 Å². The smallest absolute Gasteiger partial charge is 0.358 e. The van der Waals surface area contributed by atoms with E-state index < -0.39 is 5.97 Å². The fourth-order valence-corrected chi connectivity index (χ4v) is 1.84. The molecule has 0 bridgehead atoms. The van der Waals surface area contributed by atoms with Gasteiger partial charge >= 0.3 is 5.97 Å². The van der Waals surface area contributed by atoms with Crippen molar-refractivity contribution in [3.63, 3.8) is 0 Å². The Kier molecular flexibility index (Phi) is 4.32. The number of hydrogen-bond acceptors (Lipinski definition) is 4. The largest absolute Gasteiger partial charge is 0.486 e. The van der Waals surface area contributed by atoms with Gasteiger partial charge in [0.25, 0.3) is 0 Å². The maximum atomic E-state index is 11.2. The second kappa shape index (κ2) is 6.16. The molecule has 1 heterocycles. The zero-order chi connectivity index (χ0) is 14.5. The highest BCUT2D eigenvalue weighted by molar-refractivity contribution is 5.89. The van der Waals surface area contributed by atoms with Crippen molar-refractivity contribution in [1.82, 2.24) is 4.98 Å². The number of carbonyl (C=O) groups is 1. The molecular weight excluding hydrogens is 258 g/mol. The minimum absolute atomic E-state index is 0.143. The highest BCUT2D eigenvalue weighted by Crippen LogP contribution is 2.26. The first kappa shape index (κ1) is 14.0. The molecule has 5 heteroatoms. The summed E-state index contributed by atoms with van der Waals surface area (Å²) in [4.78, 5) is 15.0. The summed E-state index contributed by atoms with van der Waals surface area (Å²) in [6.07, 6.45) is 1.36. The van der Waals surface area contributed by atoms with Crippen LogP contribution in [0.4, 0.5) is 0 Å². The molecule has 1 aromatic carbocycles. The monoisotopic (exact) mass is 273 g/mol. The van der Waals surface area contributed by atoms with Gasteiger partial charge in [-0.05, 0) is 12.5 Å². The number of carboxylic acid groups (broad SMARTS) is 1. The Balaban J connectivity index is 2.31. The quantitative estimate of drug-likeness (QED) is 0.872. The molecule has 0 radical (unpaired) electrons. The maximum absolute atomic E-state index is 11.2. The summed E-state index contributed by atoms with van der Waals surface area (Å²) in [6, 6.07) is 9.43. The van der Waals surface area contributed by atoms with Crippen molar-refractivity contribution in [2.45, 2.75) is 20.1 Å². The lowest BCUT2D eigenvalue weighted by Crippen LogP contribution is -2.09. The van der Waals surface area contributed by atoms with E-state index in [9.17, 15) is 9.90 Å². The molecule has 0 spiro atoms. The van der Waals surface area contributed by atoms with E-state index in [1.807, 2.05) is 30.3 Å². The van der Waals surface area contributed by atoms with Crippen LogP contribution in [0.15, 0.2) is 36.5 Å². The van der Waals surface area contributed by atoms with E-state index in [1.165, 1.54) is 6.20 Å². The molecule has 0 saturated heterocycles. The lowest BCUT2D eigenvalue weighted by atomic mass is 10.1. The number of rotatable bonds is 5. The average Bonchev–Trinajstić information content (AvgIpc) is 2.46. The standard InChI is InChI=1S/C15H15NO4/c1-10-12(8-17)7-16-13(15(18)19)14(10)20-9-11-5-3-2-4-6-11/h2-7,17H,8-9H2,1H3,(H,18,19). The van der Waals surface area contributed by atoms with Crippen molar-refractivity contribution in [2.24, 2.45) is 0 Å². The molecule has 0 saturated carbocycles. The summed E-state index contributed by atoms with van der Waals surface area (Å²) >= 11 is 0. The van der Waals surface area contributed by atoms with Crippen molar-refractivity contribution < 1.29 is 19.7 Å². The third-order valence-corrected chi connectivity index (χ3v) is 2.99. The highest BCUT2D eigenvalue weighted by atomic mass is 16.5. The molecule has 20 heavy (non-hydrogen) atoms. The second-order valence-corrected chi connectivity index (χ2v) is 4.32. The highest BCUT2D eigenvalue weighted by Gasteiger charge is 2.18. The Hall–Kier alpha value is -2.40. The first-order valence-electron chi connectivity index (χ1n) is 6.13. The summed E-state index contributed by atoms with van der Waals surface area (Å²) in [5.41, 5.74) is 1.93. The van der Waals surface area contributed by atoms with E-state index in [0.717, 1.165) is 5.56 Å². The van der Waals surface area contributed by atoms with Crippen molar-refractivity contribution in [3.8, 4) is 5.75 Å². The molecule has 0 aliphatic heterocycles. The van der Waals surface area contributed by atoms with E-state index in [-0.39, 0.29) is 24.7 Å². The van der Waals surface area contributed by atoms with Gasteiger partial charge in [-0.15, -0.1) is 0 Å². The van der Waals surface area contributed by atoms with Gasteiger partial charge in [0, 0.05) is 17.3 Å². The van der Waals surface area contributed by atoms with Gasteiger partial charge in [0.1, 0.15) is 6.61 Å². The number of pyridine rings is 1. The molecule has 2 N–H and O–H groups in total. The minimum Gasteiger partial charge on any atom is -0.486 e. The number of aromatic nitrogens is 1. The molecule has 0 unspecified atom stereocenters. The zero-order valence-electron chi connectivity index (χ0n) is 11.0. The minimum atomic E-state index is -1.15. The Labute approximate surface area is 116 Å². The van der Waals surface area contributed by atoms with Gasteiger partial charge in [-0.2, -0.15) is 0 Å². The Bertz CT molecular complexity index is 611. The van der Waals surface area contributed by atoms with Gasteiger partial charge in [0.05, 0.1) is 6.61 Å². The second-order valence-electron chi connectivity index (χ2n) is 4.32.